The summed E-state index contributed by atoms with van der Waals surface area (Å²) in [6.45, 7) is 3.60. The van der Waals surface area contributed by atoms with Crippen molar-refractivity contribution in [3.63, 3.8) is 0 Å². The Morgan fingerprint density at radius 1 is 1.39 bits per heavy atom. The Morgan fingerprint density at radius 3 is 2.78 bits per heavy atom. The van der Waals surface area contributed by atoms with Crippen LogP contribution in [0.3, 0.4) is 0 Å². The zero-order valence-corrected chi connectivity index (χ0v) is 11.7. The van der Waals surface area contributed by atoms with Crippen LogP contribution in [0.1, 0.15) is 24.2 Å². The fraction of sp³-hybridized carbons (Fsp3) is 0.231. The van der Waals surface area contributed by atoms with Crippen molar-refractivity contribution < 1.29 is 9.53 Å². The predicted octanol–water partition coefficient (Wildman–Crippen LogP) is 3.14. The molecule has 0 aliphatic rings. The Labute approximate surface area is 113 Å². The third-order valence-electron chi connectivity index (χ3n) is 2.48. The monoisotopic (exact) mass is 308 g/mol. The molecule has 0 aliphatic carbocycles. The number of halogens is 1. The van der Waals surface area contributed by atoms with Crippen molar-refractivity contribution in [2.75, 3.05) is 5.73 Å². The molecule has 2 rings (SSSR count). The van der Waals surface area contributed by atoms with Gasteiger partial charge in [0.15, 0.2) is 0 Å². The number of nitrogens with two attached hydrogens (primary N) is 1. The van der Waals surface area contributed by atoms with Gasteiger partial charge >= 0.3 is 5.97 Å². The molecular formula is C13H13BrN2O2. The van der Waals surface area contributed by atoms with Crippen molar-refractivity contribution >= 4 is 38.4 Å². The molecule has 4 nitrogen and oxygen atoms in total. The maximum atomic E-state index is 11.9. The van der Waals surface area contributed by atoms with Crippen LogP contribution in [-0.2, 0) is 4.74 Å². The van der Waals surface area contributed by atoms with E-state index in [-0.39, 0.29) is 6.10 Å². The molecule has 2 aromatic rings. The summed E-state index contributed by atoms with van der Waals surface area (Å²) in [6.07, 6.45) is 3.18. The van der Waals surface area contributed by atoms with Crippen LogP contribution in [-0.4, -0.2) is 17.1 Å². The number of rotatable bonds is 2. The molecule has 0 saturated carbocycles. The number of aromatic nitrogens is 1. The van der Waals surface area contributed by atoms with Crippen LogP contribution < -0.4 is 5.73 Å². The molecule has 0 bridgehead atoms. The van der Waals surface area contributed by atoms with E-state index in [0.29, 0.717) is 11.3 Å². The van der Waals surface area contributed by atoms with Gasteiger partial charge in [0.05, 0.1) is 17.4 Å². The van der Waals surface area contributed by atoms with Gasteiger partial charge < -0.3 is 10.5 Å². The van der Waals surface area contributed by atoms with E-state index in [1.54, 1.807) is 38.4 Å². The van der Waals surface area contributed by atoms with Gasteiger partial charge in [0, 0.05) is 27.6 Å². The average molecular weight is 309 g/mol. The highest BCUT2D eigenvalue weighted by atomic mass is 79.9. The summed E-state index contributed by atoms with van der Waals surface area (Å²) in [7, 11) is 0. The highest BCUT2D eigenvalue weighted by molar-refractivity contribution is 9.10. The summed E-state index contributed by atoms with van der Waals surface area (Å²) in [6, 6.07) is 3.47. The first-order chi connectivity index (χ1) is 8.50. The second-order valence-corrected chi connectivity index (χ2v) is 5.05. The number of pyridine rings is 1. The number of carbonyl (C=O) groups is 1. The van der Waals surface area contributed by atoms with Crippen molar-refractivity contribution in [1.82, 2.24) is 4.98 Å². The molecule has 0 aliphatic heterocycles. The molecule has 0 atom stereocenters. The number of hydrogen-bond acceptors (Lipinski definition) is 4. The van der Waals surface area contributed by atoms with Crippen molar-refractivity contribution in [2.45, 2.75) is 20.0 Å². The number of ether oxygens (including phenoxy) is 1. The van der Waals surface area contributed by atoms with Gasteiger partial charge in [-0.2, -0.15) is 0 Å². The second-order valence-electron chi connectivity index (χ2n) is 4.20. The van der Waals surface area contributed by atoms with Gasteiger partial charge in [-0.1, -0.05) is 6.07 Å². The number of hydrogen-bond donors (Lipinski definition) is 1. The number of benzene rings is 1. The Balaban J connectivity index is 2.57. The molecule has 18 heavy (non-hydrogen) atoms. The van der Waals surface area contributed by atoms with Crippen LogP contribution >= 0.6 is 15.9 Å². The van der Waals surface area contributed by atoms with E-state index < -0.39 is 5.97 Å². The van der Waals surface area contributed by atoms with Crippen LogP contribution in [0, 0.1) is 0 Å². The number of carbonyl (C=O) groups excluding carboxylic acids is 1. The summed E-state index contributed by atoms with van der Waals surface area (Å²) in [5, 5.41) is 1.66. The van der Waals surface area contributed by atoms with E-state index in [4.69, 9.17) is 10.5 Å². The number of nitrogen functional groups attached to an aromatic ring is 1. The van der Waals surface area contributed by atoms with E-state index in [2.05, 4.69) is 20.9 Å². The first-order valence-corrected chi connectivity index (χ1v) is 6.32. The standard InChI is InChI=1S/C13H13BrN2O2/c1-7(2)18-13(17)9-4-3-8-5-16-6-10(14)11(8)12(9)15/h3-7H,15H2,1-2H3. The van der Waals surface area contributed by atoms with Crippen LogP contribution in [0.5, 0.6) is 0 Å². The van der Waals surface area contributed by atoms with Crippen LogP contribution in [0.15, 0.2) is 29.0 Å². The summed E-state index contributed by atoms with van der Waals surface area (Å²) in [5.74, 6) is -0.409. The molecule has 0 fully saturated rings. The number of fused-ring (bicyclic) bond motifs is 1. The van der Waals surface area contributed by atoms with Crippen LogP contribution in [0.25, 0.3) is 10.8 Å². The summed E-state index contributed by atoms with van der Waals surface area (Å²) in [5.41, 5.74) is 6.83. The highest BCUT2D eigenvalue weighted by Gasteiger charge is 2.16. The van der Waals surface area contributed by atoms with Gasteiger partial charge in [-0.15, -0.1) is 0 Å². The molecule has 2 N–H and O–H groups in total. The fourth-order valence-electron chi connectivity index (χ4n) is 1.71. The molecule has 0 amide bonds. The Kier molecular flexibility index (Phi) is 3.52. The van der Waals surface area contributed by atoms with Gasteiger partial charge in [-0.25, -0.2) is 4.79 Å². The van der Waals surface area contributed by atoms with Gasteiger partial charge in [-0.05, 0) is 35.8 Å². The third kappa shape index (κ3) is 2.31. The normalized spacial score (nSPS) is 10.9. The molecule has 0 saturated heterocycles. The Morgan fingerprint density at radius 2 is 2.11 bits per heavy atom. The van der Waals surface area contributed by atoms with Crippen molar-refractivity contribution in [2.24, 2.45) is 0 Å². The van der Waals surface area contributed by atoms with Gasteiger partial charge in [0.1, 0.15) is 0 Å². The first-order valence-electron chi connectivity index (χ1n) is 5.53. The number of esters is 1. The second kappa shape index (κ2) is 4.94. The van der Waals surface area contributed by atoms with Crippen molar-refractivity contribution in [1.29, 1.82) is 0 Å². The molecular weight excluding hydrogens is 296 g/mol. The van der Waals surface area contributed by atoms with E-state index in [1.165, 1.54) is 0 Å². The summed E-state index contributed by atoms with van der Waals surface area (Å²) < 4.78 is 5.92. The van der Waals surface area contributed by atoms with E-state index in [1.807, 2.05) is 0 Å². The van der Waals surface area contributed by atoms with E-state index >= 15 is 0 Å². The lowest BCUT2D eigenvalue weighted by Gasteiger charge is -2.12. The molecule has 1 heterocycles. The topological polar surface area (TPSA) is 65.2 Å². The lowest BCUT2D eigenvalue weighted by molar-refractivity contribution is 0.0379. The fourth-order valence-corrected chi connectivity index (χ4v) is 2.27. The lowest BCUT2D eigenvalue weighted by atomic mass is 10.1. The molecule has 0 radical (unpaired) electrons. The van der Waals surface area contributed by atoms with Crippen molar-refractivity contribution in [3.05, 3.63) is 34.6 Å². The quantitative estimate of drug-likeness (QED) is 0.683. The first kappa shape index (κ1) is 12.8. The number of anilines is 1. The maximum absolute atomic E-state index is 11.9. The van der Waals surface area contributed by atoms with Crippen molar-refractivity contribution in [3.8, 4) is 0 Å². The zero-order valence-electron chi connectivity index (χ0n) is 10.1. The maximum Gasteiger partial charge on any atom is 0.340 e. The average Bonchev–Trinajstić information content (AvgIpc) is 2.28. The third-order valence-corrected chi connectivity index (χ3v) is 3.08. The van der Waals surface area contributed by atoms with E-state index in [9.17, 15) is 4.79 Å². The van der Waals surface area contributed by atoms with Crippen LogP contribution in [0.2, 0.25) is 0 Å². The van der Waals surface area contributed by atoms with Gasteiger partial charge in [-0.3, -0.25) is 4.98 Å². The largest absolute Gasteiger partial charge is 0.459 e. The predicted molar refractivity (Wildman–Crippen MR) is 74.4 cm³/mol. The summed E-state index contributed by atoms with van der Waals surface area (Å²) in [4.78, 5) is 16.0. The molecule has 1 aromatic carbocycles. The SMILES string of the molecule is CC(C)OC(=O)c1ccc2cncc(Br)c2c1N. The smallest absolute Gasteiger partial charge is 0.340 e. The minimum Gasteiger partial charge on any atom is -0.459 e. The van der Waals surface area contributed by atoms with Gasteiger partial charge in [0.2, 0.25) is 0 Å². The highest BCUT2D eigenvalue weighted by Crippen LogP contribution is 2.31. The zero-order chi connectivity index (χ0) is 13.3. The lowest BCUT2D eigenvalue weighted by Crippen LogP contribution is -2.13. The Bertz CT molecular complexity index is 611. The number of nitrogens with zero attached hydrogens (tertiary/aromatic N) is 1. The molecule has 0 spiro atoms. The molecule has 1 aromatic heterocycles. The Hall–Kier alpha value is -1.62. The minimum atomic E-state index is -0.409. The molecule has 94 valence electrons. The van der Waals surface area contributed by atoms with Crippen LogP contribution in [0.4, 0.5) is 5.69 Å². The summed E-state index contributed by atoms with van der Waals surface area (Å²) >= 11 is 3.39. The minimum absolute atomic E-state index is 0.173. The molecule has 0 unspecified atom stereocenters. The van der Waals surface area contributed by atoms with E-state index in [0.717, 1.165) is 15.2 Å². The van der Waals surface area contributed by atoms with Gasteiger partial charge in [0.25, 0.3) is 0 Å². The molecule has 5 heteroatoms.